The van der Waals surface area contributed by atoms with Gasteiger partial charge in [0.15, 0.2) is 0 Å². The van der Waals surface area contributed by atoms with Crippen LogP contribution in [0.5, 0.6) is 0 Å². The number of nitrogens with one attached hydrogen (secondary N) is 2. The van der Waals surface area contributed by atoms with Gasteiger partial charge >= 0.3 is 6.03 Å². The van der Waals surface area contributed by atoms with Crippen molar-refractivity contribution in [1.82, 2.24) is 15.5 Å². The lowest BCUT2D eigenvalue weighted by molar-refractivity contribution is -0.132. The molecule has 6 nitrogen and oxygen atoms in total. The first-order chi connectivity index (χ1) is 8.60. The molecule has 2 N–H and O–H groups in total. The van der Waals surface area contributed by atoms with Crippen LogP contribution < -0.4 is 10.6 Å². The second kappa shape index (κ2) is 7.25. The predicted octanol–water partition coefficient (Wildman–Crippen LogP) is 0.186. The lowest BCUT2D eigenvalue weighted by Crippen LogP contribution is -2.41. The Kier molecular flexibility index (Phi) is 5.97. The Bertz CT molecular complexity index is 335. The van der Waals surface area contributed by atoms with Crippen LogP contribution in [-0.4, -0.2) is 53.9 Å². The van der Waals surface area contributed by atoms with Crippen molar-refractivity contribution in [2.45, 2.75) is 25.8 Å². The number of thioether (sulfide) groups is 1. The molecule has 1 atom stereocenters. The molecule has 1 heterocycles. The van der Waals surface area contributed by atoms with Crippen molar-refractivity contribution >= 4 is 29.6 Å². The standard InChI is InChI=1S/C11H19N3O3S/c1-3-5-12-9(15)7-14-10(16)8(4-6-18-2)13-11(14)17/h8H,3-7H2,1-2H3,(H,12,15)(H,13,17)/t8-/m0/s1. The highest BCUT2D eigenvalue weighted by Gasteiger charge is 2.38. The summed E-state index contributed by atoms with van der Waals surface area (Å²) >= 11 is 1.62. The maximum atomic E-state index is 11.9. The van der Waals surface area contributed by atoms with Crippen LogP contribution >= 0.6 is 11.8 Å². The van der Waals surface area contributed by atoms with Gasteiger partial charge in [0, 0.05) is 6.54 Å². The zero-order valence-corrected chi connectivity index (χ0v) is 11.5. The van der Waals surface area contributed by atoms with Crippen molar-refractivity contribution < 1.29 is 14.4 Å². The second-order valence-corrected chi connectivity index (χ2v) is 5.04. The molecule has 0 radical (unpaired) electrons. The van der Waals surface area contributed by atoms with E-state index in [1.807, 2.05) is 13.2 Å². The lowest BCUT2D eigenvalue weighted by Gasteiger charge is -2.12. The Balaban J connectivity index is 2.48. The van der Waals surface area contributed by atoms with E-state index in [2.05, 4.69) is 10.6 Å². The molecule has 0 aromatic carbocycles. The Morgan fingerprint density at radius 3 is 2.83 bits per heavy atom. The summed E-state index contributed by atoms with van der Waals surface area (Å²) < 4.78 is 0. The lowest BCUT2D eigenvalue weighted by atomic mass is 10.2. The number of urea groups is 1. The van der Waals surface area contributed by atoms with Gasteiger partial charge in [-0.3, -0.25) is 14.5 Å². The van der Waals surface area contributed by atoms with Crippen molar-refractivity contribution in [1.29, 1.82) is 0 Å². The number of amides is 4. The Labute approximate surface area is 111 Å². The molecule has 102 valence electrons. The van der Waals surface area contributed by atoms with Crippen LogP contribution in [0.15, 0.2) is 0 Å². The number of hydrogen-bond acceptors (Lipinski definition) is 4. The van der Waals surface area contributed by atoms with E-state index in [0.29, 0.717) is 13.0 Å². The van der Waals surface area contributed by atoms with Gasteiger partial charge in [-0.15, -0.1) is 0 Å². The van der Waals surface area contributed by atoms with Gasteiger partial charge in [0.05, 0.1) is 0 Å². The van der Waals surface area contributed by atoms with E-state index in [0.717, 1.165) is 17.1 Å². The van der Waals surface area contributed by atoms with E-state index in [9.17, 15) is 14.4 Å². The topological polar surface area (TPSA) is 78.5 Å². The van der Waals surface area contributed by atoms with Crippen LogP contribution in [0.1, 0.15) is 19.8 Å². The van der Waals surface area contributed by atoms with E-state index in [4.69, 9.17) is 0 Å². The Morgan fingerprint density at radius 1 is 1.50 bits per heavy atom. The fourth-order valence-electron chi connectivity index (χ4n) is 1.62. The summed E-state index contributed by atoms with van der Waals surface area (Å²) in [4.78, 5) is 35.9. The molecule has 1 saturated heterocycles. The van der Waals surface area contributed by atoms with E-state index in [1.165, 1.54) is 0 Å². The third kappa shape index (κ3) is 3.90. The second-order valence-electron chi connectivity index (χ2n) is 4.06. The summed E-state index contributed by atoms with van der Waals surface area (Å²) in [6.45, 7) is 2.30. The van der Waals surface area contributed by atoms with E-state index in [-0.39, 0.29) is 18.4 Å². The molecule has 0 aromatic rings. The molecular weight excluding hydrogens is 254 g/mol. The van der Waals surface area contributed by atoms with Crippen LogP contribution in [0.25, 0.3) is 0 Å². The average Bonchev–Trinajstić information content (AvgIpc) is 2.61. The third-order valence-corrected chi connectivity index (χ3v) is 3.24. The Morgan fingerprint density at radius 2 is 2.22 bits per heavy atom. The first kappa shape index (κ1) is 14.8. The number of rotatable bonds is 7. The fourth-order valence-corrected chi connectivity index (χ4v) is 2.09. The summed E-state index contributed by atoms with van der Waals surface area (Å²) in [5.41, 5.74) is 0. The molecule has 4 amide bonds. The summed E-state index contributed by atoms with van der Waals surface area (Å²) in [5, 5.41) is 5.24. The highest BCUT2D eigenvalue weighted by atomic mass is 32.2. The van der Waals surface area contributed by atoms with Crippen molar-refractivity contribution in [3.63, 3.8) is 0 Å². The monoisotopic (exact) mass is 273 g/mol. The van der Waals surface area contributed by atoms with Crippen LogP contribution in [0.2, 0.25) is 0 Å². The van der Waals surface area contributed by atoms with Gasteiger partial charge in [-0.05, 0) is 24.9 Å². The van der Waals surface area contributed by atoms with Gasteiger partial charge in [-0.2, -0.15) is 11.8 Å². The SMILES string of the molecule is CCCNC(=O)CN1C(=O)N[C@@H](CCSC)C1=O. The number of carbonyl (C=O) groups excluding carboxylic acids is 3. The van der Waals surface area contributed by atoms with Gasteiger partial charge in [0.1, 0.15) is 12.6 Å². The van der Waals surface area contributed by atoms with Gasteiger partial charge in [-0.1, -0.05) is 6.92 Å². The highest BCUT2D eigenvalue weighted by Crippen LogP contribution is 2.11. The van der Waals surface area contributed by atoms with Crippen LogP contribution in [0.3, 0.4) is 0 Å². The molecule has 7 heteroatoms. The molecule has 0 unspecified atom stereocenters. The van der Waals surface area contributed by atoms with Crippen molar-refractivity contribution in [2.24, 2.45) is 0 Å². The number of imide groups is 1. The van der Waals surface area contributed by atoms with Gasteiger partial charge < -0.3 is 10.6 Å². The zero-order chi connectivity index (χ0) is 13.5. The quantitative estimate of drug-likeness (QED) is 0.649. The van der Waals surface area contributed by atoms with Crippen LogP contribution in [0.4, 0.5) is 4.79 Å². The van der Waals surface area contributed by atoms with E-state index in [1.54, 1.807) is 11.8 Å². The summed E-state index contributed by atoms with van der Waals surface area (Å²) in [6.07, 6.45) is 3.36. The third-order valence-electron chi connectivity index (χ3n) is 2.59. The molecule has 1 fully saturated rings. The summed E-state index contributed by atoms with van der Waals surface area (Å²) in [5.74, 6) is 0.193. The first-order valence-corrected chi connectivity index (χ1v) is 7.37. The first-order valence-electron chi connectivity index (χ1n) is 5.97. The number of carbonyl (C=O) groups is 3. The van der Waals surface area contributed by atoms with Crippen molar-refractivity contribution in [3.8, 4) is 0 Å². The van der Waals surface area contributed by atoms with E-state index < -0.39 is 12.1 Å². The maximum Gasteiger partial charge on any atom is 0.325 e. The molecule has 18 heavy (non-hydrogen) atoms. The maximum absolute atomic E-state index is 11.9. The average molecular weight is 273 g/mol. The molecule has 0 spiro atoms. The normalized spacial score (nSPS) is 19.0. The fraction of sp³-hybridized carbons (Fsp3) is 0.727. The van der Waals surface area contributed by atoms with Gasteiger partial charge in [0.2, 0.25) is 5.91 Å². The largest absolute Gasteiger partial charge is 0.355 e. The van der Waals surface area contributed by atoms with Crippen molar-refractivity contribution in [2.75, 3.05) is 25.1 Å². The molecule has 0 aromatic heterocycles. The van der Waals surface area contributed by atoms with Crippen LogP contribution in [-0.2, 0) is 9.59 Å². The predicted molar refractivity (Wildman–Crippen MR) is 70.3 cm³/mol. The molecule has 1 rings (SSSR count). The minimum atomic E-state index is -0.482. The minimum absolute atomic E-state index is 0.194. The number of hydrogen-bond donors (Lipinski definition) is 2. The Hall–Kier alpha value is -1.24. The van der Waals surface area contributed by atoms with Gasteiger partial charge in [-0.25, -0.2) is 4.79 Å². The highest BCUT2D eigenvalue weighted by molar-refractivity contribution is 7.98. The summed E-state index contributed by atoms with van der Waals surface area (Å²) in [6, 6.07) is -0.957. The zero-order valence-electron chi connectivity index (χ0n) is 10.7. The summed E-state index contributed by atoms with van der Waals surface area (Å²) in [7, 11) is 0. The van der Waals surface area contributed by atoms with Crippen molar-refractivity contribution in [3.05, 3.63) is 0 Å². The minimum Gasteiger partial charge on any atom is -0.355 e. The molecule has 0 saturated carbocycles. The molecule has 0 aliphatic carbocycles. The molecule has 0 bridgehead atoms. The van der Waals surface area contributed by atoms with Gasteiger partial charge in [0.25, 0.3) is 5.91 Å². The molecular formula is C11H19N3O3S. The molecule has 1 aliphatic rings. The number of nitrogens with zero attached hydrogens (tertiary/aromatic N) is 1. The van der Waals surface area contributed by atoms with E-state index >= 15 is 0 Å². The smallest absolute Gasteiger partial charge is 0.325 e. The molecule has 1 aliphatic heterocycles. The van der Waals surface area contributed by atoms with Crippen LogP contribution in [0, 0.1) is 0 Å².